The zero-order chi connectivity index (χ0) is 18.2. The topological polar surface area (TPSA) is 79.5 Å². The summed E-state index contributed by atoms with van der Waals surface area (Å²) in [6, 6.07) is 14.1. The lowest BCUT2D eigenvalue weighted by Crippen LogP contribution is -2.49. The second-order valence-corrected chi connectivity index (χ2v) is 6.28. The third kappa shape index (κ3) is 6.17. The summed E-state index contributed by atoms with van der Waals surface area (Å²) in [5.41, 5.74) is 6.27. The van der Waals surface area contributed by atoms with Crippen LogP contribution in [0.3, 0.4) is 0 Å². The van der Waals surface area contributed by atoms with E-state index in [1.54, 1.807) is 36.4 Å². The fraction of sp³-hybridized carbons (Fsp3) is 0.118. The summed E-state index contributed by atoms with van der Waals surface area (Å²) >= 11 is 8.34. The van der Waals surface area contributed by atoms with E-state index >= 15 is 0 Å². The third-order valence-corrected chi connectivity index (χ3v) is 4.15. The van der Waals surface area contributed by atoms with Gasteiger partial charge >= 0.3 is 0 Å². The van der Waals surface area contributed by atoms with Crippen LogP contribution in [-0.4, -0.2) is 23.5 Å². The standard InChI is InChI=1S/C17H16BrN3O3S/c1-11-7-8-12(9-14(11)18)16(23)19-17(25)21-20-15(22)10-24-13-5-3-2-4-6-13/h2-9H,10H2,1H3,(H,20,22)(H2,19,21,23,25). The Morgan fingerprint density at radius 2 is 1.84 bits per heavy atom. The molecule has 0 saturated heterocycles. The van der Waals surface area contributed by atoms with Crippen LogP contribution < -0.4 is 20.9 Å². The van der Waals surface area contributed by atoms with E-state index in [0.29, 0.717) is 11.3 Å². The van der Waals surface area contributed by atoms with Crippen LogP contribution >= 0.6 is 28.1 Å². The minimum atomic E-state index is -0.432. The van der Waals surface area contributed by atoms with Gasteiger partial charge in [-0.25, -0.2) is 0 Å². The molecular formula is C17H16BrN3O3S. The van der Waals surface area contributed by atoms with Gasteiger partial charge in [-0.3, -0.25) is 25.8 Å². The molecule has 0 aliphatic heterocycles. The van der Waals surface area contributed by atoms with E-state index in [2.05, 4.69) is 32.1 Å². The van der Waals surface area contributed by atoms with Gasteiger partial charge in [0.2, 0.25) is 0 Å². The zero-order valence-corrected chi connectivity index (χ0v) is 15.7. The van der Waals surface area contributed by atoms with Gasteiger partial charge in [0.25, 0.3) is 11.8 Å². The van der Waals surface area contributed by atoms with Crippen LogP contribution in [0, 0.1) is 6.92 Å². The molecule has 0 aliphatic rings. The van der Waals surface area contributed by atoms with Crippen LogP contribution in [0.25, 0.3) is 0 Å². The number of carbonyl (C=O) groups is 2. The molecule has 2 aromatic rings. The molecule has 8 heteroatoms. The Hall–Kier alpha value is -2.45. The maximum Gasteiger partial charge on any atom is 0.276 e. The second kappa shape index (κ2) is 9.14. The first-order valence-corrected chi connectivity index (χ1v) is 8.50. The number of hydrogen-bond donors (Lipinski definition) is 3. The molecule has 0 bridgehead atoms. The lowest BCUT2D eigenvalue weighted by molar-refractivity contribution is -0.123. The molecule has 0 unspecified atom stereocenters. The highest BCUT2D eigenvalue weighted by Gasteiger charge is 2.10. The summed E-state index contributed by atoms with van der Waals surface area (Å²) in [7, 11) is 0. The van der Waals surface area contributed by atoms with E-state index in [-0.39, 0.29) is 17.6 Å². The molecule has 0 fully saturated rings. The SMILES string of the molecule is Cc1ccc(C(=O)NC(=S)NNC(=O)COc2ccccc2)cc1Br. The second-order valence-electron chi connectivity index (χ2n) is 5.02. The molecule has 3 N–H and O–H groups in total. The summed E-state index contributed by atoms with van der Waals surface area (Å²) in [5.74, 6) is -0.231. The predicted octanol–water partition coefficient (Wildman–Crippen LogP) is 2.47. The van der Waals surface area contributed by atoms with Gasteiger partial charge in [-0.15, -0.1) is 0 Å². The molecule has 2 rings (SSSR count). The number of halogens is 1. The minimum absolute atomic E-state index is 0.0187. The van der Waals surface area contributed by atoms with Crippen molar-refractivity contribution in [2.75, 3.05) is 6.61 Å². The van der Waals surface area contributed by atoms with Crippen molar-refractivity contribution < 1.29 is 14.3 Å². The Kier molecular flexibility index (Phi) is 6.91. The van der Waals surface area contributed by atoms with Gasteiger partial charge in [0, 0.05) is 10.0 Å². The molecule has 25 heavy (non-hydrogen) atoms. The van der Waals surface area contributed by atoms with Crippen LogP contribution in [0.5, 0.6) is 5.75 Å². The van der Waals surface area contributed by atoms with Crippen molar-refractivity contribution in [1.29, 1.82) is 0 Å². The number of hydrogen-bond acceptors (Lipinski definition) is 4. The van der Waals surface area contributed by atoms with Gasteiger partial charge < -0.3 is 4.74 Å². The van der Waals surface area contributed by atoms with Gasteiger partial charge in [0.1, 0.15) is 5.75 Å². The summed E-state index contributed by atoms with van der Waals surface area (Å²) < 4.78 is 6.11. The van der Waals surface area contributed by atoms with Crippen LogP contribution in [0.4, 0.5) is 0 Å². The number of rotatable bonds is 4. The van der Waals surface area contributed by atoms with Gasteiger partial charge in [0.05, 0.1) is 0 Å². The Balaban J connectivity index is 1.75. The summed E-state index contributed by atoms with van der Waals surface area (Å²) in [6.45, 7) is 1.74. The van der Waals surface area contributed by atoms with Crippen LogP contribution in [0.1, 0.15) is 15.9 Å². The number of amides is 2. The Morgan fingerprint density at radius 1 is 1.12 bits per heavy atom. The van der Waals surface area contributed by atoms with Crippen molar-refractivity contribution in [3.8, 4) is 5.75 Å². The smallest absolute Gasteiger partial charge is 0.276 e. The van der Waals surface area contributed by atoms with E-state index in [9.17, 15) is 9.59 Å². The molecule has 2 aromatic carbocycles. The Labute approximate surface area is 159 Å². The molecule has 0 aliphatic carbocycles. The van der Waals surface area contributed by atoms with Gasteiger partial charge in [-0.05, 0) is 49.0 Å². The molecule has 130 valence electrons. The molecule has 0 aromatic heterocycles. The van der Waals surface area contributed by atoms with Crippen molar-refractivity contribution in [2.45, 2.75) is 6.92 Å². The normalized spacial score (nSPS) is 9.84. The minimum Gasteiger partial charge on any atom is -0.484 e. The monoisotopic (exact) mass is 421 g/mol. The van der Waals surface area contributed by atoms with E-state index in [4.69, 9.17) is 17.0 Å². The summed E-state index contributed by atoms with van der Waals surface area (Å²) in [5, 5.41) is 2.46. The number of ether oxygens (including phenoxy) is 1. The van der Waals surface area contributed by atoms with Crippen molar-refractivity contribution in [2.24, 2.45) is 0 Å². The molecular weight excluding hydrogens is 406 g/mol. The molecule has 6 nitrogen and oxygen atoms in total. The fourth-order valence-electron chi connectivity index (χ4n) is 1.77. The van der Waals surface area contributed by atoms with Crippen molar-refractivity contribution in [3.05, 3.63) is 64.1 Å². The first kappa shape index (κ1) is 18.9. The van der Waals surface area contributed by atoms with Crippen LogP contribution in [0.15, 0.2) is 53.0 Å². The number of carbonyl (C=O) groups excluding carboxylic acids is 2. The number of thiocarbonyl (C=S) groups is 1. The quantitative estimate of drug-likeness (QED) is 0.521. The van der Waals surface area contributed by atoms with Crippen molar-refractivity contribution in [3.63, 3.8) is 0 Å². The average molecular weight is 422 g/mol. The molecule has 2 amide bonds. The Morgan fingerprint density at radius 3 is 2.52 bits per heavy atom. The maximum absolute atomic E-state index is 12.1. The highest BCUT2D eigenvalue weighted by molar-refractivity contribution is 9.10. The van der Waals surface area contributed by atoms with E-state index in [0.717, 1.165) is 10.0 Å². The lowest BCUT2D eigenvalue weighted by Gasteiger charge is -2.11. The van der Waals surface area contributed by atoms with Crippen molar-refractivity contribution in [1.82, 2.24) is 16.2 Å². The number of hydrazine groups is 1. The Bertz CT molecular complexity index is 784. The number of nitrogens with one attached hydrogen (secondary N) is 3. The first-order valence-electron chi connectivity index (χ1n) is 7.30. The third-order valence-electron chi connectivity index (χ3n) is 3.09. The van der Waals surface area contributed by atoms with Gasteiger partial charge in [0.15, 0.2) is 11.7 Å². The van der Waals surface area contributed by atoms with Crippen molar-refractivity contribution >= 4 is 45.1 Å². The largest absolute Gasteiger partial charge is 0.484 e. The number of aryl methyl sites for hydroxylation is 1. The molecule has 0 saturated carbocycles. The maximum atomic E-state index is 12.1. The van der Waals surface area contributed by atoms with Gasteiger partial charge in [-0.1, -0.05) is 40.2 Å². The lowest BCUT2D eigenvalue weighted by atomic mass is 10.1. The van der Waals surface area contributed by atoms with Gasteiger partial charge in [-0.2, -0.15) is 0 Å². The fourth-order valence-corrected chi connectivity index (χ4v) is 2.29. The van der Waals surface area contributed by atoms with E-state index in [1.807, 2.05) is 19.1 Å². The molecule has 0 heterocycles. The van der Waals surface area contributed by atoms with Crippen LogP contribution in [0.2, 0.25) is 0 Å². The number of benzene rings is 2. The summed E-state index contributed by atoms with van der Waals surface area (Å²) in [4.78, 5) is 23.8. The highest BCUT2D eigenvalue weighted by Crippen LogP contribution is 2.17. The first-order chi connectivity index (χ1) is 12.0. The summed E-state index contributed by atoms with van der Waals surface area (Å²) in [6.07, 6.45) is 0. The average Bonchev–Trinajstić information content (AvgIpc) is 2.61. The molecule has 0 spiro atoms. The van der Waals surface area contributed by atoms with Crippen LogP contribution in [-0.2, 0) is 4.79 Å². The predicted molar refractivity (Wildman–Crippen MR) is 102 cm³/mol. The van der Waals surface area contributed by atoms with E-state index < -0.39 is 5.91 Å². The highest BCUT2D eigenvalue weighted by atomic mass is 79.9. The van der Waals surface area contributed by atoms with E-state index in [1.165, 1.54) is 0 Å². The molecule has 0 atom stereocenters. The molecule has 0 radical (unpaired) electrons. The number of para-hydroxylation sites is 1. The zero-order valence-electron chi connectivity index (χ0n) is 13.3.